The summed E-state index contributed by atoms with van der Waals surface area (Å²) in [5, 5.41) is 2.93. The zero-order valence-electron chi connectivity index (χ0n) is 21.9. The molecule has 2 aliphatic heterocycles. The number of fused-ring (bicyclic) bond motifs is 1. The van der Waals surface area contributed by atoms with Crippen LogP contribution in [0, 0.1) is 0 Å². The van der Waals surface area contributed by atoms with Crippen LogP contribution in [0.1, 0.15) is 23.8 Å². The molecule has 0 saturated carbocycles. The Labute approximate surface area is 230 Å². The quantitative estimate of drug-likeness (QED) is 0.402. The molecule has 1 fully saturated rings. The Morgan fingerprint density at radius 3 is 2.58 bits per heavy atom. The van der Waals surface area contributed by atoms with Crippen LogP contribution in [0.15, 0.2) is 40.9 Å². The predicted molar refractivity (Wildman–Crippen MR) is 141 cm³/mol. The van der Waals surface area contributed by atoms with Crippen molar-refractivity contribution in [3.05, 3.63) is 53.4 Å². The first-order valence-corrected chi connectivity index (χ1v) is 14.6. The molecule has 1 saturated heterocycles. The zero-order chi connectivity index (χ0) is 28.3. The average Bonchev–Trinajstić information content (AvgIpc) is 3.38. The number of morpholine rings is 1. The van der Waals surface area contributed by atoms with Gasteiger partial charge in [0, 0.05) is 38.1 Å². The van der Waals surface area contributed by atoms with Gasteiger partial charge in [0.25, 0.3) is 0 Å². The third kappa shape index (κ3) is 6.57. The molecule has 0 bridgehead atoms. The lowest BCUT2D eigenvalue weighted by atomic mass is 10.1. The number of benzene rings is 1. The van der Waals surface area contributed by atoms with Crippen molar-refractivity contribution < 1.29 is 35.5 Å². The third-order valence-corrected chi connectivity index (χ3v) is 8.65. The number of hydrogen-bond donors (Lipinski definition) is 1. The Hall–Kier alpha value is -3.20. The van der Waals surface area contributed by atoms with E-state index in [1.54, 1.807) is 24.3 Å². The van der Waals surface area contributed by atoms with Crippen LogP contribution in [0.5, 0.6) is 5.75 Å². The van der Waals surface area contributed by atoms with Gasteiger partial charge in [0.15, 0.2) is 5.76 Å². The standard InChI is InChI=1S/C26H30F3N5O5S/c1-2-40(35,36)34-8-7-18-15-22(39-23(18)17-34)24-21(26(27,28)29)16-30-25(32-24)31-19-3-5-20(6-4-19)38-14-11-33-9-12-37-13-10-33/h3-6,15-16H,2,7-14,17H2,1H3,(H,30,31,32). The van der Waals surface area contributed by atoms with Gasteiger partial charge in [-0.25, -0.2) is 18.4 Å². The van der Waals surface area contributed by atoms with Gasteiger partial charge in [0.2, 0.25) is 16.0 Å². The lowest BCUT2D eigenvalue weighted by Gasteiger charge is -2.26. The number of ether oxygens (including phenoxy) is 2. The lowest BCUT2D eigenvalue weighted by Crippen LogP contribution is -2.38. The largest absolute Gasteiger partial charge is 0.492 e. The maximum Gasteiger partial charge on any atom is 0.420 e. The molecule has 2 aromatic heterocycles. The van der Waals surface area contributed by atoms with Crippen LogP contribution in [0.3, 0.4) is 0 Å². The lowest BCUT2D eigenvalue weighted by molar-refractivity contribution is -0.137. The minimum absolute atomic E-state index is 0.0378. The SMILES string of the molecule is CCS(=O)(=O)N1CCc2cc(-c3nc(Nc4ccc(OCCN5CCOCC5)cc4)ncc3C(F)(F)F)oc2C1. The first kappa shape index (κ1) is 28.3. The predicted octanol–water partition coefficient (Wildman–Crippen LogP) is 3.92. The van der Waals surface area contributed by atoms with Crippen LogP contribution < -0.4 is 10.1 Å². The van der Waals surface area contributed by atoms with Crippen LogP contribution in [0.4, 0.5) is 24.8 Å². The Kier molecular flexibility index (Phi) is 8.31. The van der Waals surface area contributed by atoms with Crippen molar-refractivity contribution in [1.82, 2.24) is 19.2 Å². The summed E-state index contributed by atoms with van der Waals surface area (Å²) in [6, 6.07) is 8.44. The van der Waals surface area contributed by atoms with Gasteiger partial charge in [-0.15, -0.1) is 0 Å². The van der Waals surface area contributed by atoms with Gasteiger partial charge in [0.1, 0.15) is 29.4 Å². The van der Waals surface area contributed by atoms with Crippen molar-refractivity contribution >= 4 is 21.7 Å². The molecular weight excluding hydrogens is 551 g/mol. The fourth-order valence-electron chi connectivity index (χ4n) is 4.55. The zero-order valence-corrected chi connectivity index (χ0v) is 22.7. The maximum absolute atomic E-state index is 13.9. The minimum Gasteiger partial charge on any atom is -0.492 e. The van der Waals surface area contributed by atoms with Crippen LogP contribution in [0.25, 0.3) is 11.5 Å². The summed E-state index contributed by atoms with van der Waals surface area (Å²) in [4.78, 5) is 10.3. The van der Waals surface area contributed by atoms with E-state index in [0.717, 1.165) is 32.8 Å². The smallest absolute Gasteiger partial charge is 0.420 e. The molecule has 1 aromatic carbocycles. The molecule has 216 valence electrons. The average molecular weight is 582 g/mol. The molecule has 40 heavy (non-hydrogen) atoms. The van der Waals surface area contributed by atoms with E-state index in [1.807, 2.05) is 0 Å². The van der Waals surface area contributed by atoms with Crippen LogP contribution in [0.2, 0.25) is 0 Å². The van der Waals surface area contributed by atoms with Crippen LogP contribution in [-0.2, 0) is 33.9 Å². The third-order valence-electron chi connectivity index (χ3n) is 6.82. The maximum atomic E-state index is 13.9. The summed E-state index contributed by atoms with van der Waals surface area (Å²) < 4.78 is 84.3. The van der Waals surface area contributed by atoms with Crippen molar-refractivity contribution in [2.24, 2.45) is 0 Å². The van der Waals surface area contributed by atoms with E-state index in [9.17, 15) is 21.6 Å². The monoisotopic (exact) mass is 581 g/mol. The number of rotatable bonds is 9. The molecule has 0 unspecified atom stereocenters. The summed E-state index contributed by atoms with van der Waals surface area (Å²) >= 11 is 0. The molecule has 0 spiro atoms. The summed E-state index contributed by atoms with van der Waals surface area (Å²) in [6.45, 7) is 6.23. The van der Waals surface area contributed by atoms with E-state index >= 15 is 0 Å². The first-order chi connectivity index (χ1) is 19.1. The van der Waals surface area contributed by atoms with E-state index in [4.69, 9.17) is 13.9 Å². The number of hydrogen-bond acceptors (Lipinski definition) is 9. The summed E-state index contributed by atoms with van der Waals surface area (Å²) in [5.41, 5.74) is -0.257. The van der Waals surface area contributed by atoms with Crippen molar-refractivity contribution in [1.29, 1.82) is 0 Å². The molecule has 14 heteroatoms. The van der Waals surface area contributed by atoms with Gasteiger partial charge < -0.3 is 19.2 Å². The molecular formula is C26H30F3N5O5S. The highest BCUT2D eigenvalue weighted by Gasteiger charge is 2.37. The Balaban J connectivity index is 1.31. The molecule has 5 rings (SSSR count). The number of furan rings is 1. The molecule has 2 aliphatic rings. The highest BCUT2D eigenvalue weighted by atomic mass is 32.2. The summed E-state index contributed by atoms with van der Waals surface area (Å²) in [5.74, 6) is 0.754. The number of halogens is 3. The van der Waals surface area contributed by atoms with Crippen molar-refractivity contribution in [3.8, 4) is 17.2 Å². The van der Waals surface area contributed by atoms with Gasteiger partial charge in [-0.3, -0.25) is 4.90 Å². The van der Waals surface area contributed by atoms with E-state index in [1.165, 1.54) is 17.3 Å². The van der Waals surface area contributed by atoms with E-state index in [2.05, 4.69) is 20.2 Å². The number of aromatic nitrogens is 2. The fourth-order valence-corrected chi connectivity index (χ4v) is 5.60. The Bertz CT molecular complexity index is 1420. The Morgan fingerprint density at radius 1 is 1.12 bits per heavy atom. The molecule has 0 amide bonds. The van der Waals surface area contributed by atoms with E-state index < -0.39 is 27.5 Å². The summed E-state index contributed by atoms with van der Waals surface area (Å²) in [6.07, 6.45) is -3.68. The van der Waals surface area contributed by atoms with Gasteiger partial charge in [0.05, 0.1) is 25.5 Å². The first-order valence-electron chi connectivity index (χ1n) is 13.0. The highest BCUT2D eigenvalue weighted by molar-refractivity contribution is 7.89. The highest BCUT2D eigenvalue weighted by Crippen LogP contribution is 2.38. The van der Waals surface area contributed by atoms with Gasteiger partial charge >= 0.3 is 6.18 Å². The molecule has 10 nitrogen and oxygen atoms in total. The second-order valence-corrected chi connectivity index (χ2v) is 11.7. The van der Waals surface area contributed by atoms with Crippen molar-refractivity contribution in [3.63, 3.8) is 0 Å². The fraction of sp³-hybridized carbons (Fsp3) is 0.462. The molecule has 0 aliphatic carbocycles. The number of alkyl halides is 3. The van der Waals surface area contributed by atoms with E-state index in [-0.39, 0.29) is 30.6 Å². The van der Waals surface area contributed by atoms with E-state index in [0.29, 0.717) is 42.0 Å². The second-order valence-electron chi connectivity index (χ2n) is 9.45. The Morgan fingerprint density at radius 2 is 1.88 bits per heavy atom. The minimum atomic E-state index is -4.72. The van der Waals surface area contributed by atoms with Gasteiger partial charge in [-0.1, -0.05) is 0 Å². The van der Waals surface area contributed by atoms with Crippen molar-refractivity contribution in [2.45, 2.75) is 26.1 Å². The number of sulfonamides is 1. The second kappa shape index (κ2) is 11.7. The van der Waals surface area contributed by atoms with Crippen LogP contribution >= 0.6 is 0 Å². The number of anilines is 2. The molecule has 0 radical (unpaired) electrons. The number of nitrogens with one attached hydrogen (secondary N) is 1. The number of nitrogens with zero attached hydrogens (tertiary/aromatic N) is 4. The van der Waals surface area contributed by atoms with Gasteiger partial charge in [-0.2, -0.15) is 17.5 Å². The van der Waals surface area contributed by atoms with Crippen molar-refractivity contribution in [2.75, 3.05) is 57.1 Å². The van der Waals surface area contributed by atoms with Crippen LogP contribution in [-0.4, -0.2) is 79.3 Å². The molecule has 0 atom stereocenters. The summed E-state index contributed by atoms with van der Waals surface area (Å²) in [7, 11) is -3.46. The molecule has 4 heterocycles. The topological polar surface area (TPSA) is 110 Å². The normalized spacial score (nSPS) is 17.0. The van der Waals surface area contributed by atoms with Gasteiger partial charge in [-0.05, 0) is 49.2 Å². The molecule has 1 N–H and O–H groups in total. The molecule has 3 aromatic rings.